The minimum atomic E-state index is -0.617. The summed E-state index contributed by atoms with van der Waals surface area (Å²) in [7, 11) is 1.32. The van der Waals surface area contributed by atoms with Crippen molar-refractivity contribution in [3.8, 4) is 0 Å². The van der Waals surface area contributed by atoms with Crippen molar-refractivity contribution in [1.82, 2.24) is 9.55 Å². The summed E-state index contributed by atoms with van der Waals surface area (Å²) in [6.45, 7) is 8.68. The molecule has 0 aliphatic carbocycles. The van der Waals surface area contributed by atoms with E-state index in [0.29, 0.717) is 22.1 Å². The van der Waals surface area contributed by atoms with Crippen LogP contribution in [0.25, 0.3) is 0 Å². The Balaban J connectivity index is 2.18. The first-order valence-electron chi connectivity index (χ1n) is 8.18. The van der Waals surface area contributed by atoms with Gasteiger partial charge in [-0.05, 0) is 33.8 Å². The lowest BCUT2D eigenvalue weighted by Crippen LogP contribution is -2.27. The van der Waals surface area contributed by atoms with Crippen LogP contribution in [-0.4, -0.2) is 34.3 Å². The van der Waals surface area contributed by atoms with E-state index in [-0.39, 0.29) is 0 Å². The van der Waals surface area contributed by atoms with Gasteiger partial charge in [0.05, 0.1) is 31.4 Å². The number of methoxy groups -OCH3 is 1. The van der Waals surface area contributed by atoms with Crippen molar-refractivity contribution < 1.29 is 19.1 Å². The highest BCUT2D eigenvalue weighted by Crippen LogP contribution is 2.34. The van der Waals surface area contributed by atoms with Crippen LogP contribution >= 0.6 is 11.3 Å². The molecule has 0 aliphatic rings. The first-order chi connectivity index (χ1) is 12.2. The Bertz CT molecular complexity index is 776. The number of hydrogen-bond donors (Lipinski definition) is 2. The topological polar surface area (TPSA) is 94.5 Å². The zero-order chi connectivity index (χ0) is 19.3. The van der Waals surface area contributed by atoms with E-state index < -0.39 is 17.7 Å². The first kappa shape index (κ1) is 19.8. The standard InChI is InChI=1S/C17H24N4O4S/c1-6-21-10-18-8-11(21)9-19-12-7-13(15(22)24-5)26-14(12)20-16(23)25-17(2,3)4/h7-8,10,19H,6,9H2,1-5H3,(H,20,23). The summed E-state index contributed by atoms with van der Waals surface area (Å²) in [5.74, 6) is -0.464. The van der Waals surface area contributed by atoms with E-state index in [9.17, 15) is 9.59 Å². The van der Waals surface area contributed by atoms with Crippen LogP contribution in [0, 0.1) is 0 Å². The van der Waals surface area contributed by atoms with Gasteiger partial charge in [0.15, 0.2) is 0 Å². The van der Waals surface area contributed by atoms with Gasteiger partial charge in [0.25, 0.3) is 0 Å². The molecule has 0 aliphatic heterocycles. The van der Waals surface area contributed by atoms with Gasteiger partial charge in [-0.3, -0.25) is 5.32 Å². The molecule has 0 bridgehead atoms. The number of rotatable bonds is 6. The number of esters is 1. The zero-order valence-electron chi connectivity index (χ0n) is 15.6. The van der Waals surface area contributed by atoms with Gasteiger partial charge < -0.3 is 19.4 Å². The fourth-order valence-corrected chi connectivity index (χ4v) is 3.12. The fraction of sp³-hybridized carbons (Fsp3) is 0.471. The van der Waals surface area contributed by atoms with E-state index in [2.05, 4.69) is 15.6 Å². The van der Waals surface area contributed by atoms with Crippen LogP contribution in [0.4, 0.5) is 15.5 Å². The number of amides is 1. The third-order valence-electron chi connectivity index (χ3n) is 3.33. The van der Waals surface area contributed by atoms with Crippen LogP contribution in [0.15, 0.2) is 18.6 Å². The summed E-state index contributed by atoms with van der Waals surface area (Å²) >= 11 is 1.12. The largest absolute Gasteiger partial charge is 0.465 e. The SMILES string of the molecule is CCn1cncc1CNc1cc(C(=O)OC)sc1NC(=O)OC(C)(C)C. The first-order valence-corrected chi connectivity index (χ1v) is 9.00. The van der Waals surface area contributed by atoms with Crippen molar-refractivity contribution in [3.05, 3.63) is 29.2 Å². The predicted molar refractivity (Wildman–Crippen MR) is 101 cm³/mol. The summed E-state index contributed by atoms with van der Waals surface area (Å²) < 4.78 is 12.0. The van der Waals surface area contributed by atoms with E-state index >= 15 is 0 Å². The predicted octanol–water partition coefficient (Wildman–Crippen LogP) is 3.71. The summed E-state index contributed by atoms with van der Waals surface area (Å²) in [5, 5.41) is 6.41. The zero-order valence-corrected chi connectivity index (χ0v) is 16.4. The lowest BCUT2D eigenvalue weighted by Gasteiger charge is -2.19. The maximum atomic E-state index is 12.1. The molecule has 0 spiro atoms. The van der Waals surface area contributed by atoms with Gasteiger partial charge in [-0.2, -0.15) is 0 Å². The van der Waals surface area contributed by atoms with Gasteiger partial charge in [0.1, 0.15) is 15.5 Å². The van der Waals surface area contributed by atoms with Gasteiger partial charge in [-0.15, -0.1) is 11.3 Å². The molecule has 2 heterocycles. The second-order valence-corrected chi connectivity index (χ2v) is 7.55. The van der Waals surface area contributed by atoms with E-state index in [1.54, 1.807) is 39.4 Å². The van der Waals surface area contributed by atoms with Crippen molar-refractivity contribution in [2.45, 2.75) is 46.4 Å². The molecule has 2 aromatic heterocycles. The van der Waals surface area contributed by atoms with E-state index in [1.807, 2.05) is 11.5 Å². The Hall–Kier alpha value is -2.55. The van der Waals surface area contributed by atoms with Crippen LogP contribution in [0.1, 0.15) is 43.1 Å². The highest BCUT2D eigenvalue weighted by Gasteiger charge is 2.21. The van der Waals surface area contributed by atoms with Crippen LogP contribution in [0.5, 0.6) is 0 Å². The van der Waals surface area contributed by atoms with Gasteiger partial charge in [0.2, 0.25) is 0 Å². The number of carbonyl (C=O) groups excluding carboxylic acids is 2. The number of anilines is 2. The Kier molecular flexibility index (Phi) is 6.25. The number of imidazole rings is 1. The number of thiophene rings is 1. The second-order valence-electron chi connectivity index (χ2n) is 6.50. The second kappa shape index (κ2) is 8.22. The molecule has 0 unspecified atom stereocenters. The van der Waals surface area contributed by atoms with Gasteiger partial charge in [-0.25, -0.2) is 14.6 Å². The fourth-order valence-electron chi connectivity index (χ4n) is 2.18. The summed E-state index contributed by atoms with van der Waals surface area (Å²) in [6, 6.07) is 1.65. The third kappa shape index (κ3) is 5.22. The molecule has 0 saturated carbocycles. The summed E-state index contributed by atoms with van der Waals surface area (Å²) in [4.78, 5) is 28.4. The number of aromatic nitrogens is 2. The average molecular weight is 380 g/mol. The lowest BCUT2D eigenvalue weighted by molar-refractivity contribution is 0.0603. The number of nitrogens with zero attached hydrogens (tertiary/aromatic N) is 2. The lowest BCUT2D eigenvalue weighted by atomic mass is 10.2. The van der Waals surface area contributed by atoms with Crippen LogP contribution < -0.4 is 10.6 Å². The smallest absolute Gasteiger partial charge is 0.412 e. The van der Waals surface area contributed by atoms with Gasteiger partial charge in [-0.1, -0.05) is 0 Å². The van der Waals surface area contributed by atoms with Gasteiger partial charge >= 0.3 is 12.1 Å². The average Bonchev–Trinajstić information content (AvgIpc) is 3.16. The van der Waals surface area contributed by atoms with Crippen molar-refractivity contribution in [2.75, 3.05) is 17.7 Å². The van der Waals surface area contributed by atoms with E-state index in [1.165, 1.54) is 7.11 Å². The minimum absolute atomic E-state index is 0.380. The number of nitrogens with one attached hydrogen (secondary N) is 2. The monoisotopic (exact) mass is 380 g/mol. The molecule has 0 atom stereocenters. The van der Waals surface area contributed by atoms with Crippen molar-refractivity contribution in [1.29, 1.82) is 0 Å². The molecular weight excluding hydrogens is 356 g/mol. The molecule has 8 nitrogen and oxygen atoms in total. The maximum Gasteiger partial charge on any atom is 0.412 e. The molecular formula is C17H24N4O4S. The molecule has 2 aromatic rings. The van der Waals surface area contributed by atoms with Crippen LogP contribution in [0.3, 0.4) is 0 Å². The molecule has 9 heteroatoms. The Morgan fingerprint density at radius 3 is 2.69 bits per heavy atom. The highest BCUT2D eigenvalue weighted by atomic mass is 32.1. The quantitative estimate of drug-likeness (QED) is 0.742. The molecule has 0 fully saturated rings. The number of ether oxygens (including phenoxy) is 2. The maximum absolute atomic E-state index is 12.1. The Morgan fingerprint density at radius 2 is 2.08 bits per heavy atom. The Morgan fingerprint density at radius 1 is 1.35 bits per heavy atom. The molecule has 26 heavy (non-hydrogen) atoms. The molecule has 142 valence electrons. The summed E-state index contributed by atoms with van der Waals surface area (Å²) in [6.07, 6.45) is 2.94. The molecule has 0 saturated heterocycles. The molecule has 0 aromatic carbocycles. The number of carbonyl (C=O) groups is 2. The van der Waals surface area contributed by atoms with Crippen LogP contribution in [0.2, 0.25) is 0 Å². The highest BCUT2D eigenvalue weighted by molar-refractivity contribution is 7.18. The van der Waals surface area contributed by atoms with Crippen LogP contribution in [-0.2, 0) is 22.6 Å². The molecule has 2 rings (SSSR count). The normalized spacial score (nSPS) is 11.1. The molecule has 2 N–H and O–H groups in total. The molecule has 0 radical (unpaired) electrons. The van der Waals surface area contributed by atoms with Crippen molar-refractivity contribution in [3.63, 3.8) is 0 Å². The van der Waals surface area contributed by atoms with Crippen molar-refractivity contribution >= 4 is 34.1 Å². The minimum Gasteiger partial charge on any atom is -0.465 e. The van der Waals surface area contributed by atoms with E-state index in [4.69, 9.17) is 9.47 Å². The van der Waals surface area contributed by atoms with E-state index in [0.717, 1.165) is 23.6 Å². The summed E-state index contributed by atoms with van der Waals surface area (Å²) in [5.41, 5.74) is 0.986. The number of hydrogen-bond acceptors (Lipinski definition) is 7. The van der Waals surface area contributed by atoms with Gasteiger partial charge in [0, 0.05) is 12.7 Å². The Labute approximate surface area is 156 Å². The molecule has 1 amide bonds. The third-order valence-corrected chi connectivity index (χ3v) is 4.36. The number of aryl methyl sites for hydroxylation is 1. The van der Waals surface area contributed by atoms with Crippen molar-refractivity contribution in [2.24, 2.45) is 0 Å².